The Hall–Kier alpha value is -0.760. The summed E-state index contributed by atoms with van der Waals surface area (Å²) >= 11 is 4.31. The molecule has 1 aromatic carbocycles. The predicted molar refractivity (Wildman–Crippen MR) is 57.5 cm³/mol. The summed E-state index contributed by atoms with van der Waals surface area (Å²) in [5, 5.41) is 0. The van der Waals surface area contributed by atoms with Gasteiger partial charge >= 0.3 is 0 Å². The fourth-order valence-corrected chi connectivity index (χ4v) is 1.49. The van der Waals surface area contributed by atoms with Crippen molar-refractivity contribution in [1.29, 1.82) is 0 Å². The van der Waals surface area contributed by atoms with Crippen molar-refractivity contribution < 1.29 is 4.79 Å². The van der Waals surface area contributed by atoms with E-state index >= 15 is 0 Å². The first-order valence-electron chi connectivity index (χ1n) is 4.43. The van der Waals surface area contributed by atoms with Crippen LogP contribution in [-0.2, 0) is 17.6 Å². The normalized spacial score (nSPS) is 10.1. The molecule has 0 N–H and O–H groups in total. The highest BCUT2D eigenvalue weighted by molar-refractivity contribution is 7.80. The molecule has 0 saturated heterocycles. The van der Waals surface area contributed by atoms with Gasteiger partial charge in [0.25, 0.3) is 0 Å². The van der Waals surface area contributed by atoms with Crippen LogP contribution in [0.15, 0.2) is 23.1 Å². The first-order valence-corrected chi connectivity index (χ1v) is 4.88. The van der Waals surface area contributed by atoms with Crippen LogP contribution < -0.4 is 0 Å². The lowest BCUT2D eigenvalue weighted by molar-refractivity contribution is -0.116. The van der Waals surface area contributed by atoms with Crippen molar-refractivity contribution in [3.63, 3.8) is 0 Å². The van der Waals surface area contributed by atoms with E-state index in [0.29, 0.717) is 6.42 Å². The molecular weight excluding hydrogens is 180 g/mol. The maximum atomic E-state index is 10.9. The number of thiol groups is 1. The lowest BCUT2D eigenvalue weighted by atomic mass is 10.0. The first kappa shape index (κ1) is 10.3. The van der Waals surface area contributed by atoms with Crippen LogP contribution in [0.5, 0.6) is 0 Å². The molecule has 1 aromatic rings. The second-order valence-electron chi connectivity index (χ2n) is 3.20. The van der Waals surface area contributed by atoms with Crippen molar-refractivity contribution in [3.8, 4) is 0 Å². The minimum absolute atomic E-state index is 0.184. The Bertz CT molecular complexity index is 318. The molecule has 0 heterocycles. The van der Waals surface area contributed by atoms with E-state index in [0.717, 1.165) is 16.9 Å². The third kappa shape index (κ3) is 2.88. The van der Waals surface area contributed by atoms with Gasteiger partial charge in [-0.1, -0.05) is 19.1 Å². The van der Waals surface area contributed by atoms with Gasteiger partial charge in [-0.2, -0.15) is 0 Å². The molecule has 0 bridgehead atoms. The van der Waals surface area contributed by atoms with Gasteiger partial charge in [0.05, 0.1) is 0 Å². The summed E-state index contributed by atoms with van der Waals surface area (Å²) in [6.07, 6.45) is 1.49. The van der Waals surface area contributed by atoms with Gasteiger partial charge in [-0.3, -0.25) is 4.79 Å². The van der Waals surface area contributed by atoms with Gasteiger partial charge < -0.3 is 0 Å². The highest BCUT2D eigenvalue weighted by Crippen LogP contribution is 2.17. The molecule has 1 rings (SSSR count). The molecule has 0 saturated carbocycles. The maximum Gasteiger partial charge on any atom is 0.134 e. The summed E-state index contributed by atoms with van der Waals surface area (Å²) in [4.78, 5) is 11.8. The highest BCUT2D eigenvalue weighted by atomic mass is 32.1. The van der Waals surface area contributed by atoms with E-state index in [1.165, 1.54) is 5.56 Å². The molecule has 0 aromatic heterocycles. The SMILES string of the molecule is CCc1ccc(S)c(CC(C)=O)c1. The van der Waals surface area contributed by atoms with Crippen LogP contribution in [0.3, 0.4) is 0 Å². The van der Waals surface area contributed by atoms with Crippen LogP contribution in [0.25, 0.3) is 0 Å². The minimum Gasteiger partial charge on any atom is -0.300 e. The Morgan fingerprint density at radius 1 is 1.46 bits per heavy atom. The fraction of sp³-hybridized carbons (Fsp3) is 0.364. The lowest BCUT2D eigenvalue weighted by Crippen LogP contribution is -1.98. The van der Waals surface area contributed by atoms with E-state index in [1.54, 1.807) is 6.92 Å². The van der Waals surface area contributed by atoms with Crippen molar-refractivity contribution in [2.45, 2.75) is 31.6 Å². The van der Waals surface area contributed by atoms with Gasteiger partial charge in [-0.15, -0.1) is 12.6 Å². The number of Topliss-reactive ketones (excluding diaryl/α,β-unsaturated/α-hetero) is 1. The quantitative estimate of drug-likeness (QED) is 0.732. The van der Waals surface area contributed by atoms with E-state index in [-0.39, 0.29) is 5.78 Å². The van der Waals surface area contributed by atoms with E-state index in [9.17, 15) is 4.79 Å². The van der Waals surface area contributed by atoms with E-state index < -0.39 is 0 Å². The van der Waals surface area contributed by atoms with E-state index in [4.69, 9.17) is 0 Å². The highest BCUT2D eigenvalue weighted by Gasteiger charge is 2.02. The second-order valence-corrected chi connectivity index (χ2v) is 3.68. The van der Waals surface area contributed by atoms with E-state index in [1.807, 2.05) is 12.1 Å². The Balaban J connectivity index is 2.96. The van der Waals surface area contributed by atoms with Gasteiger partial charge in [0.1, 0.15) is 5.78 Å². The molecule has 0 aliphatic heterocycles. The number of benzene rings is 1. The van der Waals surface area contributed by atoms with Gasteiger partial charge in [0, 0.05) is 11.3 Å². The van der Waals surface area contributed by atoms with Crippen molar-refractivity contribution in [2.75, 3.05) is 0 Å². The second kappa shape index (κ2) is 4.47. The van der Waals surface area contributed by atoms with Gasteiger partial charge in [0.15, 0.2) is 0 Å². The Labute approximate surface area is 84.6 Å². The van der Waals surface area contributed by atoms with Crippen LogP contribution in [0.2, 0.25) is 0 Å². The molecule has 1 nitrogen and oxygen atoms in total. The lowest BCUT2D eigenvalue weighted by Gasteiger charge is -2.04. The van der Waals surface area contributed by atoms with Crippen LogP contribution in [-0.4, -0.2) is 5.78 Å². The fourth-order valence-electron chi connectivity index (χ4n) is 1.27. The standard InChI is InChI=1S/C11H14OS/c1-3-9-4-5-11(13)10(7-9)6-8(2)12/h4-5,7,13H,3,6H2,1-2H3. The third-order valence-electron chi connectivity index (χ3n) is 1.99. The minimum atomic E-state index is 0.184. The average Bonchev–Trinajstić information content (AvgIpc) is 2.08. The monoisotopic (exact) mass is 194 g/mol. The van der Waals surface area contributed by atoms with Crippen LogP contribution in [0, 0.1) is 0 Å². The number of ketones is 1. The zero-order valence-electron chi connectivity index (χ0n) is 8.00. The molecule has 2 heteroatoms. The van der Waals surface area contributed by atoms with Crippen molar-refractivity contribution in [1.82, 2.24) is 0 Å². The Kier molecular flexibility index (Phi) is 3.55. The summed E-state index contributed by atoms with van der Waals surface area (Å²) in [7, 11) is 0. The third-order valence-corrected chi connectivity index (χ3v) is 2.43. The summed E-state index contributed by atoms with van der Waals surface area (Å²) in [6.45, 7) is 3.71. The average molecular weight is 194 g/mol. The van der Waals surface area contributed by atoms with Gasteiger partial charge in [0.2, 0.25) is 0 Å². The number of carbonyl (C=O) groups excluding carboxylic acids is 1. The number of hydrogen-bond acceptors (Lipinski definition) is 2. The largest absolute Gasteiger partial charge is 0.300 e. The summed E-state index contributed by atoms with van der Waals surface area (Å²) < 4.78 is 0. The molecule has 0 fully saturated rings. The van der Waals surface area contributed by atoms with Crippen molar-refractivity contribution in [3.05, 3.63) is 29.3 Å². The van der Waals surface area contributed by atoms with Crippen molar-refractivity contribution >= 4 is 18.4 Å². The molecule has 70 valence electrons. The van der Waals surface area contributed by atoms with Crippen molar-refractivity contribution in [2.24, 2.45) is 0 Å². The molecule has 0 amide bonds. The van der Waals surface area contributed by atoms with Gasteiger partial charge in [-0.25, -0.2) is 0 Å². The number of hydrogen-bond donors (Lipinski definition) is 1. The summed E-state index contributed by atoms with van der Waals surface area (Å²) in [5.41, 5.74) is 2.30. The topological polar surface area (TPSA) is 17.1 Å². The van der Waals surface area contributed by atoms with Crippen LogP contribution >= 0.6 is 12.6 Å². The van der Waals surface area contributed by atoms with Crippen LogP contribution in [0.1, 0.15) is 25.0 Å². The Morgan fingerprint density at radius 3 is 2.69 bits per heavy atom. The summed E-state index contributed by atoms with van der Waals surface area (Å²) in [6, 6.07) is 6.07. The Morgan fingerprint density at radius 2 is 2.15 bits per heavy atom. The molecule has 13 heavy (non-hydrogen) atoms. The zero-order valence-corrected chi connectivity index (χ0v) is 8.90. The first-order chi connectivity index (χ1) is 6.13. The number of carbonyl (C=O) groups is 1. The molecule has 0 atom stereocenters. The van der Waals surface area contributed by atoms with Crippen LogP contribution in [0.4, 0.5) is 0 Å². The smallest absolute Gasteiger partial charge is 0.134 e. The molecule has 0 aliphatic rings. The molecular formula is C11H14OS. The maximum absolute atomic E-state index is 10.9. The molecule has 0 unspecified atom stereocenters. The van der Waals surface area contributed by atoms with E-state index in [2.05, 4.69) is 25.6 Å². The summed E-state index contributed by atoms with van der Waals surface area (Å²) in [5.74, 6) is 0.184. The number of aryl methyl sites for hydroxylation is 1. The number of rotatable bonds is 3. The molecule has 0 radical (unpaired) electrons. The molecule has 0 spiro atoms. The molecule has 0 aliphatic carbocycles. The predicted octanol–water partition coefficient (Wildman–Crippen LogP) is 2.67. The zero-order chi connectivity index (χ0) is 9.84. The van der Waals surface area contributed by atoms with Gasteiger partial charge in [-0.05, 0) is 30.5 Å².